The molecule has 2 unspecified atom stereocenters. The van der Waals surface area contributed by atoms with Crippen LogP contribution in [-0.2, 0) is 9.47 Å². The van der Waals surface area contributed by atoms with E-state index in [1.54, 1.807) is 0 Å². The number of hydrogen-bond acceptors (Lipinski definition) is 4. The van der Waals surface area contributed by atoms with Crippen molar-refractivity contribution in [3.05, 3.63) is 24.2 Å². The number of pyridine rings is 1. The molecular formula is C15H19N3O2. The number of hydrogen-bond donors (Lipinski definition) is 0. The molecule has 0 aromatic carbocycles. The van der Waals surface area contributed by atoms with Crippen molar-refractivity contribution in [1.82, 2.24) is 14.5 Å². The van der Waals surface area contributed by atoms with E-state index in [0.717, 1.165) is 56.1 Å². The molecule has 0 amide bonds. The second-order valence-corrected chi connectivity index (χ2v) is 5.56. The van der Waals surface area contributed by atoms with Gasteiger partial charge in [0.05, 0.1) is 12.6 Å². The number of rotatable bonds is 2. The van der Waals surface area contributed by atoms with Crippen molar-refractivity contribution in [3.63, 3.8) is 0 Å². The summed E-state index contributed by atoms with van der Waals surface area (Å²) < 4.78 is 13.8. The first-order chi connectivity index (χ1) is 9.93. The van der Waals surface area contributed by atoms with Gasteiger partial charge in [-0.25, -0.2) is 9.97 Å². The quantitative estimate of drug-likeness (QED) is 0.844. The van der Waals surface area contributed by atoms with E-state index in [1.165, 1.54) is 6.42 Å². The lowest BCUT2D eigenvalue weighted by Gasteiger charge is -2.24. The Morgan fingerprint density at radius 2 is 2.20 bits per heavy atom. The Labute approximate surface area is 117 Å². The summed E-state index contributed by atoms with van der Waals surface area (Å²) in [5, 5.41) is 0. The lowest BCUT2D eigenvalue weighted by atomic mass is 10.1. The Bertz CT molecular complexity index is 598. The highest BCUT2D eigenvalue weighted by atomic mass is 16.5. The van der Waals surface area contributed by atoms with Gasteiger partial charge in [0.25, 0.3) is 0 Å². The van der Waals surface area contributed by atoms with Crippen LogP contribution in [0.25, 0.3) is 11.2 Å². The van der Waals surface area contributed by atoms with Gasteiger partial charge in [-0.1, -0.05) is 0 Å². The third-order valence-electron chi connectivity index (χ3n) is 4.21. The molecule has 5 heteroatoms. The van der Waals surface area contributed by atoms with Gasteiger partial charge >= 0.3 is 0 Å². The minimum atomic E-state index is 0.110. The van der Waals surface area contributed by atoms with Crippen LogP contribution in [-0.4, -0.2) is 34.4 Å². The SMILES string of the molecule is c1cnc2c(c1)nc(C1CCCCO1)n2C1CCOC1. The van der Waals surface area contributed by atoms with E-state index in [2.05, 4.69) is 9.55 Å². The van der Waals surface area contributed by atoms with Crippen molar-refractivity contribution in [2.45, 2.75) is 37.8 Å². The topological polar surface area (TPSA) is 49.2 Å². The molecule has 4 rings (SSSR count). The molecule has 0 radical (unpaired) electrons. The first-order valence-electron chi connectivity index (χ1n) is 7.45. The Balaban J connectivity index is 1.82. The van der Waals surface area contributed by atoms with Gasteiger partial charge in [0.15, 0.2) is 5.65 Å². The van der Waals surface area contributed by atoms with E-state index in [0.29, 0.717) is 6.04 Å². The average Bonchev–Trinajstić information content (AvgIpc) is 3.14. The largest absolute Gasteiger partial charge is 0.379 e. The van der Waals surface area contributed by atoms with E-state index in [9.17, 15) is 0 Å². The zero-order chi connectivity index (χ0) is 13.4. The summed E-state index contributed by atoms with van der Waals surface area (Å²) in [6, 6.07) is 4.31. The smallest absolute Gasteiger partial charge is 0.160 e. The highest BCUT2D eigenvalue weighted by molar-refractivity contribution is 5.71. The number of imidazole rings is 1. The predicted molar refractivity (Wildman–Crippen MR) is 74.5 cm³/mol. The molecule has 2 aromatic heterocycles. The van der Waals surface area contributed by atoms with Crippen LogP contribution in [0.2, 0.25) is 0 Å². The summed E-state index contributed by atoms with van der Waals surface area (Å²) in [5.41, 5.74) is 1.93. The second-order valence-electron chi connectivity index (χ2n) is 5.56. The summed E-state index contributed by atoms with van der Waals surface area (Å²) in [5.74, 6) is 1.04. The van der Waals surface area contributed by atoms with Crippen LogP contribution in [0.5, 0.6) is 0 Å². The van der Waals surface area contributed by atoms with Gasteiger partial charge in [0.1, 0.15) is 17.4 Å². The zero-order valence-electron chi connectivity index (χ0n) is 11.5. The fraction of sp³-hybridized carbons (Fsp3) is 0.600. The molecule has 2 saturated heterocycles. The standard InChI is InChI=1S/C15H19N3O2/c1-2-8-20-13(5-1)15-17-12-4-3-7-16-14(12)18(15)11-6-9-19-10-11/h3-4,7,11,13H,1-2,5-6,8-10H2. The Morgan fingerprint density at radius 1 is 1.20 bits per heavy atom. The molecule has 0 N–H and O–H groups in total. The van der Waals surface area contributed by atoms with Crippen LogP contribution < -0.4 is 0 Å². The molecule has 2 aromatic rings. The zero-order valence-corrected chi connectivity index (χ0v) is 11.5. The molecule has 0 saturated carbocycles. The van der Waals surface area contributed by atoms with Gasteiger partial charge in [0.2, 0.25) is 0 Å². The molecule has 20 heavy (non-hydrogen) atoms. The molecule has 2 aliphatic heterocycles. The third kappa shape index (κ3) is 2.01. The van der Waals surface area contributed by atoms with Crippen LogP contribution in [0.15, 0.2) is 18.3 Å². The maximum absolute atomic E-state index is 5.94. The molecule has 5 nitrogen and oxygen atoms in total. The summed E-state index contributed by atoms with van der Waals surface area (Å²) in [6.45, 7) is 2.41. The summed E-state index contributed by atoms with van der Waals surface area (Å²) in [7, 11) is 0. The number of ether oxygens (including phenoxy) is 2. The lowest BCUT2D eigenvalue weighted by molar-refractivity contribution is 0.00666. The molecule has 0 aliphatic carbocycles. The summed E-state index contributed by atoms with van der Waals surface area (Å²) >= 11 is 0. The maximum atomic E-state index is 5.94. The van der Waals surface area contributed by atoms with Crippen molar-refractivity contribution in [2.75, 3.05) is 19.8 Å². The minimum Gasteiger partial charge on any atom is -0.379 e. The second kappa shape index (κ2) is 5.14. The van der Waals surface area contributed by atoms with Gasteiger partial charge < -0.3 is 14.0 Å². The molecular weight excluding hydrogens is 254 g/mol. The Morgan fingerprint density at radius 3 is 3.00 bits per heavy atom. The average molecular weight is 273 g/mol. The van der Waals surface area contributed by atoms with Gasteiger partial charge in [-0.2, -0.15) is 0 Å². The van der Waals surface area contributed by atoms with Crippen LogP contribution >= 0.6 is 0 Å². The molecule has 2 aliphatic rings. The first-order valence-corrected chi connectivity index (χ1v) is 7.45. The van der Waals surface area contributed by atoms with Crippen LogP contribution in [0.3, 0.4) is 0 Å². The molecule has 0 spiro atoms. The van der Waals surface area contributed by atoms with E-state index < -0.39 is 0 Å². The Hall–Kier alpha value is -1.46. The van der Waals surface area contributed by atoms with Crippen molar-refractivity contribution in [1.29, 1.82) is 0 Å². The molecule has 0 bridgehead atoms. The highest BCUT2D eigenvalue weighted by Crippen LogP contribution is 2.33. The molecule has 4 heterocycles. The van der Waals surface area contributed by atoms with Gasteiger partial charge in [-0.05, 0) is 37.8 Å². The fourth-order valence-electron chi connectivity index (χ4n) is 3.20. The van der Waals surface area contributed by atoms with Crippen molar-refractivity contribution in [3.8, 4) is 0 Å². The molecule has 2 fully saturated rings. The van der Waals surface area contributed by atoms with Crippen molar-refractivity contribution < 1.29 is 9.47 Å². The number of aromatic nitrogens is 3. The van der Waals surface area contributed by atoms with E-state index in [1.807, 2.05) is 18.3 Å². The van der Waals surface area contributed by atoms with Crippen LogP contribution in [0.1, 0.15) is 43.7 Å². The van der Waals surface area contributed by atoms with Gasteiger partial charge in [0, 0.05) is 19.4 Å². The number of nitrogens with zero attached hydrogens (tertiary/aromatic N) is 3. The van der Waals surface area contributed by atoms with E-state index in [4.69, 9.17) is 14.5 Å². The van der Waals surface area contributed by atoms with Gasteiger partial charge in [-0.3, -0.25) is 0 Å². The third-order valence-corrected chi connectivity index (χ3v) is 4.21. The normalized spacial score (nSPS) is 27.2. The minimum absolute atomic E-state index is 0.110. The maximum Gasteiger partial charge on any atom is 0.160 e. The van der Waals surface area contributed by atoms with Crippen molar-refractivity contribution in [2.24, 2.45) is 0 Å². The number of fused-ring (bicyclic) bond motifs is 1. The van der Waals surface area contributed by atoms with E-state index in [-0.39, 0.29) is 6.10 Å². The summed E-state index contributed by atoms with van der Waals surface area (Å²) in [6.07, 6.45) is 6.39. The molecule has 2 atom stereocenters. The van der Waals surface area contributed by atoms with E-state index >= 15 is 0 Å². The first kappa shape index (κ1) is 12.3. The van der Waals surface area contributed by atoms with Crippen molar-refractivity contribution >= 4 is 11.2 Å². The summed E-state index contributed by atoms with van der Waals surface area (Å²) in [4.78, 5) is 9.33. The Kier molecular flexibility index (Phi) is 3.16. The van der Waals surface area contributed by atoms with Gasteiger partial charge in [-0.15, -0.1) is 0 Å². The molecule has 106 valence electrons. The monoisotopic (exact) mass is 273 g/mol. The van der Waals surface area contributed by atoms with Crippen LogP contribution in [0, 0.1) is 0 Å². The van der Waals surface area contributed by atoms with Crippen LogP contribution in [0.4, 0.5) is 0 Å². The lowest BCUT2D eigenvalue weighted by Crippen LogP contribution is -2.20. The predicted octanol–water partition coefficient (Wildman–Crippen LogP) is 2.63. The highest BCUT2D eigenvalue weighted by Gasteiger charge is 2.29. The fourth-order valence-corrected chi connectivity index (χ4v) is 3.20.